The summed E-state index contributed by atoms with van der Waals surface area (Å²) in [5, 5.41) is 2.94. The second-order valence-corrected chi connectivity index (χ2v) is 6.44. The van der Waals surface area contributed by atoms with Crippen molar-refractivity contribution < 1.29 is 22.7 Å². The number of benzene rings is 2. The Balaban J connectivity index is 2.18. The van der Waals surface area contributed by atoms with Crippen LogP contribution in [0.4, 0.5) is 18.9 Å². The first-order valence-electron chi connectivity index (χ1n) is 8.53. The molecule has 0 radical (unpaired) electrons. The summed E-state index contributed by atoms with van der Waals surface area (Å²) in [5.41, 5.74) is 0.516. The Labute approximate surface area is 165 Å². The summed E-state index contributed by atoms with van der Waals surface area (Å²) in [4.78, 5) is 14.2. The number of thiocarbonyl (C=S) groups is 1. The van der Waals surface area contributed by atoms with Crippen LogP contribution < -0.4 is 10.2 Å². The van der Waals surface area contributed by atoms with Gasteiger partial charge in [-0.25, -0.2) is 18.0 Å². The van der Waals surface area contributed by atoms with Gasteiger partial charge in [-0.2, -0.15) is 0 Å². The second kappa shape index (κ2) is 8.02. The molecule has 4 nitrogen and oxygen atoms in total. The highest BCUT2D eigenvalue weighted by Crippen LogP contribution is 2.36. The third-order valence-corrected chi connectivity index (χ3v) is 4.65. The summed E-state index contributed by atoms with van der Waals surface area (Å²) in [7, 11) is 0. The number of esters is 1. The Kier molecular flexibility index (Phi) is 5.69. The number of allylic oxidation sites excluding steroid dienone is 1. The molecule has 1 aliphatic rings. The van der Waals surface area contributed by atoms with Crippen LogP contribution in [0.1, 0.15) is 25.5 Å². The molecule has 2 aromatic carbocycles. The first-order valence-corrected chi connectivity index (χ1v) is 8.94. The molecule has 3 rings (SSSR count). The van der Waals surface area contributed by atoms with Crippen LogP contribution in [0.15, 0.2) is 53.7 Å². The Morgan fingerprint density at radius 3 is 2.32 bits per heavy atom. The van der Waals surface area contributed by atoms with Crippen molar-refractivity contribution in [1.82, 2.24) is 5.32 Å². The molecule has 0 aliphatic carbocycles. The van der Waals surface area contributed by atoms with E-state index in [1.807, 2.05) is 0 Å². The number of carbonyl (C=O) groups is 1. The lowest BCUT2D eigenvalue weighted by atomic mass is 9.94. The molecular weight excluding hydrogens is 389 g/mol. The minimum atomic E-state index is -1.16. The molecule has 0 bridgehead atoms. The van der Waals surface area contributed by atoms with E-state index in [0.717, 1.165) is 12.1 Å². The third kappa shape index (κ3) is 3.60. The largest absolute Gasteiger partial charge is 0.463 e. The Hall–Kier alpha value is -2.87. The number of ether oxygens (including phenoxy) is 1. The van der Waals surface area contributed by atoms with Gasteiger partial charge in [0.05, 0.1) is 23.8 Å². The van der Waals surface area contributed by atoms with Crippen molar-refractivity contribution in [2.75, 3.05) is 11.5 Å². The molecule has 146 valence electrons. The standard InChI is InChI=1S/C20H17F3N2O2S/c1-3-27-19(26)16-11(2)25(13-9-7-12(21)8-10-13)20(28)24-18(16)17-14(22)5-4-6-15(17)23/h4-10,18H,3H2,1-2H3,(H,24,28)/t18-/m0/s1. The van der Waals surface area contributed by atoms with Crippen molar-refractivity contribution in [2.45, 2.75) is 19.9 Å². The molecule has 0 aromatic heterocycles. The van der Waals surface area contributed by atoms with E-state index in [1.54, 1.807) is 13.8 Å². The number of hydrogen-bond acceptors (Lipinski definition) is 3. The van der Waals surface area contributed by atoms with E-state index in [1.165, 1.54) is 35.2 Å². The fraction of sp³-hybridized carbons (Fsp3) is 0.200. The Morgan fingerprint density at radius 1 is 1.14 bits per heavy atom. The number of nitrogens with zero attached hydrogens (tertiary/aromatic N) is 1. The molecule has 0 amide bonds. The molecule has 0 unspecified atom stereocenters. The summed E-state index contributed by atoms with van der Waals surface area (Å²) >= 11 is 5.38. The lowest BCUT2D eigenvalue weighted by Gasteiger charge is -2.37. The fourth-order valence-electron chi connectivity index (χ4n) is 3.12. The second-order valence-electron chi connectivity index (χ2n) is 6.05. The smallest absolute Gasteiger partial charge is 0.338 e. The van der Waals surface area contributed by atoms with Crippen LogP contribution in [0.25, 0.3) is 0 Å². The summed E-state index contributed by atoms with van der Waals surface area (Å²) < 4.78 is 47.2. The number of nitrogens with one attached hydrogen (secondary N) is 1. The normalized spacial score (nSPS) is 16.8. The first-order chi connectivity index (χ1) is 13.3. The maximum atomic E-state index is 14.4. The van der Waals surface area contributed by atoms with E-state index < -0.39 is 29.5 Å². The topological polar surface area (TPSA) is 41.6 Å². The number of carbonyl (C=O) groups excluding carboxylic acids is 1. The molecule has 8 heteroatoms. The average molecular weight is 406 g/mol. The third-order valence-electron chi connectivity index (χ3n) is 4.35. The number of rotatable bonds is 4. The SMILES string of the molecule is CCOC(=O)C1=C(C)N(c2ccc(F)cc2)C(=S)N[C@@H]1c1c(F)cccc1F. The summed E-state index contributed by atoms with van der Waals surface area (Å²) in [5.74, 6) is -2.79. The molecule has 0 fully saturated rings. The lowest BCUT2D eigenvalue weighted by molar-refractivity contribution is -0.139. The van der Waals surface area contributed by atoms with Crippen LogP contribution >= 0.6 is 12.2 Å². The predicted octanol–water partition coefficient (Wildman–Crippen LogP) is 4.38. The number of halogens is 3. The van der Waals surface area contributed by atoms with E-state index in [4.69, 9.17) is 17.0 Å². The van der Waals surface area contributed by atoms with Gasteiger partial charge in [0.25, 0.3) is 0 Å². The van der Waals surface area contributed by atoms with Crippen molar-refractivity contribution >= 4 is 29.0 Å². The van der Waals surface area contributed by atoms with Gasteiger partial charge in [-0.05, 0) is 62.5 Å². The van der Waals surface area contributed by atoms with Crippen molar-refractivity contribution in [3.8, 4) is 0 Å². The molecular formula is C20H17F3N2O2S. The summed E-state index contributed by atoms with van der Waals surface area (Å²) in [6.45, 7) is 3.31. The molecule has 2 aromatic rings. The zero-order valence-corrected chi connectivity index (χ0v) is 15.9. The summed E-state index contributed by atoms with van der Waals surface area (Å²) in [6.07, 6.45) is 0. The van der Waals surface area contributed by atoms with Gasteiger partial charge in [0.2, 0.25) is 0 Å². The van der Waals surface area contributed by atoms with Gasteiger partial charge < -0.3 is 10.1 Å². The Morgan fingerprint density at radius 2 is 1.75 bits per heavy atom. The van der Waals surface area contributed by atoms with Crippen molar-refractivity contribution in [2.24, 2.45) is 0 Å². The van der Waals surface area contributed by atoms with Gasteiger partial charge in [-0.1, -0.05) is 6.07 Å². The quantitative estimate of drug-likeness (QED) is 0.603. The first kappa shape index (κ1) is 19.9. The minimum Gasteiger partial charge on any atom is -0.463 e. The van der Waals surface area contributed by atoms with Crippen molar-refractivity contribution in [1.29, 1.82) is 0 Å². The van der Waals surface area contributed by atoms with Crippen LogP contribution in [0.3, 0.4) is 0 Å². The van der Waals surface area contributed by atoms with Crippen LogP contribution in [-0.2, 0) is 9.53 Å². The minimum absolute atomic E-state index is 0.0174. The maximum Gasteiger partial charge on any atom is 0.338 e. The summed E-state index contributed by atoms with van der Waals surface area (Å²) in [6, 6.07) is 7.75. The monoisotopic (exact) mass is 406 g/mol. The lowest BCUT2D eigenvalue weighted by Crippen LogP contribution is -2.48. The van der Waals surface area contributed by atoms with Crippen LogP contribution in [-0.4, -0.2) is 17.7 Å². The molecule has 0 spiro atoms. The molecule has 1 aliphatic heterocycles. The van der Waals surface area contributed by atoms with E-state index >= 15 is 0 Å². The maximum absolute atomic E-state index is 14.4. The molecule has 1 atom stereocenters. The van der Waals surface area contributed by atoms with E-state index in [9.17, 15) is 18.0 Å². The highest BCUT2D eigenvalue weighted by atomic mass is 32.1. The van der Waals surface area contributed by atoms with Crippen LogP contribution in [0.2, 0.25) is 0 Å². The van der Waals surface area contributed by atoms with Gasteiger partial charge in [0.15, 0.2) is 5.11 Å². The predicted molar refractivity (Wildman–Crippen MR) is 103 cm³/mol. The van der Waals surface area contributed by atoms with E-state index in [0.29, 0.717) is 11.4 Å². The zero-order chi connectivity index (χ0) is 20.4. The average Bonchev–Trinajstić information content (AvgIpc) is 2.63. The van der Waals surface area contributed by atoms with Crippen LogP contribution in [0, 0.1) is 17.5 Å². The number of anilines is 1. The zero-order valence-electron chi connectivity index (χ0n) is 15.1. The highest BCUT2D eigenvalue weighted by molar-refractivity contribution is 7.80. The van der Waals surface area contributed by atoms with Gasteiger partial charge >= 0.3 is 5.97 Å². The van der Waals surface area contributed by atoms with Crippen LogP contribution in [0.5, 0.6) is 0 Å². The van der Waals surface area contributed by atoms with Crippen molar-refractivity contribution in [3.63, 3.8) is 0 Å². The van der Waals surface area contributed by atoms with E-state index in [2.05, 4.69) is 5.32 Å². The molecule has 1 N–H and O–H groups in total. The van der Waals surface area contributed by atoms with Gasteiger partial charge in [-0.15, -0.1) is 0 Å². The molecule has 28 heavy (non-hydrogen) atoms. The number of hydrogen-bond donors (Lipinski definition) is 1. The van der Waals surface area contributed by atoms with Crippen molar-refractivity contribution in [3.05, 3.63) is 76.7 Å². The van der Waals surface area contributed by atoms with Gasteiger partial charge in [-0.3, -0.25) is 4.90 Å². The van der Waals surface area contributed by atoms with Gasteiger partial charge in [0, 0.05) is 11.4 Å². The Bertz CT molecular complexity index is 940. The van der Waals surface area contributed by atoms with E-state index in [-0.39, 0.29) is 22.9 Å². The molecule has 0 saturated carbocycles. The highest BCUT2D eigenvalue weighted by Gasteiger charge is 2.38. The molecule has 1 heterocycles. The fourth-order valence-corrected chi connectivity index (χ4v) is 3.48. The van der Waals surface area contributed by atoms with Gasteiger partial charge in [0.1, 0.15) is 17.5 Å². The molecule has 0 saturated heterocycles.